The summed E-state index contributed by atoms with van der Waals surface area (Å²) in [6.07, 6.45) is 3.71. The van der Waals surface area contributed by atoms with E-state index in [-0.39, 0.29) is 54.8 Å². The first-order valence-electron chi connectivity index (χ1n) is 8.58. The molecule has 0 unspecified atom stereocenters. The zero-order valence-corrected chi connectivity index (χ0v) is 16.6. The molecule has 0 radical (unpaired) electrons. The highest BCUT2D eigenvalue weighted by atomic mass is 35.5. The minimum atomic E-state index is -3.58. The molecular formula is C16H21ClN2O5S2. The Kier molecular flexibility index (Phi) is 6.21. The minimum Gasteiger partial charge on any atom is -0.455 e. The average Bonchev–Trinajstić information content (AvgIpc) is 3.31. The second-order valence-corrected chi connectivity index (χ2v) is 10.3. The molecule has 1 aromatic rings. The van der Waals surface area contributed by atoms with Gasteiger partial charge in [0.15, 0.2) is 6.61 Å². The number of sulfonamides is 1. The Morgan fingerprint density at radius 1 is 1.15 bits per heavy atom. The van der Waals surface area contributed by atoms with Crippen molar-refractivity contribution in [2.45, 2.75) is 29.9 Å². The molecular weight excluding hydrogens is 400 g/mol. The van der Waals surface area contributed by atoms with Crippen LogP contribution in [0.25, 0.3) is 0 Å². The van der Waals surface area contributed by atoms with Gasteiger partial charge in [0.05, 0.1) is 10.3 Å². The Morgan fingerprint density at radius 2 is 1.81 bits per heavy atom. The van der Waals surface area contributed by atoms with E-state index in [4.69, 9.17) is 16.3 Å². The first-order chi connectivity index (χ1) is 12.4. The molecule has 26 heavy (non-hydrogen) atoms. The Morgan fingerprint density at radius 3 is 2.38 bits per heavy atom. The Hall–Kier alpha value is -1.16. The van der Waals surface area contributed by atoms with Gasteiger partial charge in [0.25, 0.3) is 15.9 Å². The van der Waals surface area contributed by atoms with Crippen molar-refractivity contribution in [2.75, 3.05) is 32.8 Å². The third-order valence-corrected chi connectivity index (χ3v) is 8.36. The van der Waals surface area contributed by atoms with E-state index in [1.54, 1.807) is 6.07 Å². The van der Waals surface area contributed by atoms with Crippen molar-refractivity contribution >= 4 is 44.8 Å². The van der Waals surface area contributed by atoms with Gasteiger partial charge in [-0.05, 0) is 25.0 Å². The highest BCUT2D eigenvalue weighted by Gasteiger charge is 2.32. The second-order valence-electron chi connectivity index (χ2n) is 6.43. The molecule has 0 spiro atoms. The van der Waals surface area contributed by atoms with Crippen LogP contribution in [0.1, 0.15) is 25.7 Å². The lowest BCUT2D eigenvalue weighted by atomic mass is 10.1. The smallest absolute Gasteiger partial charge is 0.309 e. The number of hydrogen-bond donors (Lipinski definition) is 0. The van der Waals surface area contributed by atoms with Crippen molar-refractivity contribution in [1.29, 1.82) is 0 Å². The van der Waals surface area contributed by atoms with Gasteiger partial charge in [-0.25, -0.2) is 8.42 Å². The summed E-state index contributed by atoms with van der Waals surface area (Å²) >= 11 is 6.84. The summed E-state index contributed by atoms with van der Waals surface area (Å²) in [7, 11) is -3.58. The largest absolute Gasteiger partial charge is 0.455 e. The Balaban J connectivity index is 1.48. The van der Waals surface area contributed by atoms with Crippen LogP contribution in [0.2, 0.25) is 4.34 Å². The molecule has 10 heteroatoms. The molecule has 144 valence electrons. The number of amides is 1. The van der Waals surface area contributed by atoms with Gasteiger partial charge in [-0.15, -0.1) is 11.3 Å². The molecule has 0 atom stereocenters. The van der Waals surface area contributed by atoms with Crippen LogP contribution >= 0.6 is 22.9 Å². The third-order valence-electron chi connectivity index (χ3n) is 4.76. The monoisotopic (exact) mass is 420 g/mol. The summed E-state index contributed by atoms with van der Waals surface area (Å²) in [5.41, 5.74) is 0. The lowest BCUT2D eigenvalue weighted by Crippen LogP contribution is -2.51. The van der Waals surface area contributed by atoms with Gasteiger partial charge in [-0.1, -0.05) is 24.4 Å². The average molecular weight is 421 g/mol. The van der Waals surface area contributed by atoms with Gasteiger partial charge < -0.3 is 9.64 Å². The molecule has 1 aromatic heterocycles. The van der Waals surface area contributed by atoms with Gasteiger partial charge in [0.1, 0.15) is 4.21 Å². The van der Waals surface area contributed by atoms with Crippen molar-refractivity contribution < 1.29 is 22.7 Å². The predicted octanol–water partition coefficient (Wildman–Crippen LogP) is 1.97. The van der Waals surface area contributed by atoms with E-state index in [0.29, 0.717) is 4.34 Å². The Bertz CT molecular complexity index is 765. The van der Waals surface area contributed by atoms with E-state index in [2.05, 4.69) is 0 Å². The van der Waals surface area contributed by atoms with Gasteiger partial charge in [0, 0.05) is 26.2 Å². The van der Waals surface area contributed by atoms with Crippen LogP contribution in [0, 0.1) is 5.92 Å². The molecule has 1 saturated carbocycles. The zero-order valence-electron chi connectivity index (χ0n) is 14.2. The van der Waals surface area contributed by atoms with Gasteiger partial charge >= 0.3 is 5.97 Å². The van der Waals surface area contributed by atoms with Crippen molar-refractivity contribution in [2.24, 2.45) is 5.92 Å². The van der Waals surface area contributed by atoms with Crippen molar-refractivity contribution in [3.8, 4) is 0 Å². The molecule has 3 rings (SSSR count). The highest BCUT2D eigenvalue weighted by molar-refractivity contribution is 7.91. The molecule has 0 aromatic carbocycles. The maximum absolute atomic E-state index is 12.5. The summed E-state index contributed by atoms with van der Waals surface area (Å²) in [4.78, 5) is 25.6. The number of rotatable bonds is 5. The number of hydrogen-bond acceptors (Lipinski definition) is 6. The molecule has 1 aliphatic carbocycles. The standard InChI is InChI=1S/C16H21ClN2O5S2/c17-13-5-6-15(25-13)26(22,23)19-9-7-18(8-10-19)14(20)11-24-16(21)12-3-1-2-4-12/h5-6,12H,1-4,7-11H2. The third kappa shape index (κ3) is 4.39. The van der Waals surface area contributed by atoms with Crippen LogP contribution in [0.5, 0.6) is 0 Å². The SMILES string of the molecule is O=C(OCC(=O)N1CCN(S(=O)(=O)c2ccc(Cl)s2)CC1)C1CCCC1. The number of ether oxygens (including phenoxy) is 1. The first-order valence-corrected chi connectivity index (χ1v) is 11.2. The summed E-state index contributed by atoms with van der Waals surface area (Å²) < 4.78 is 32.2. The lowest BCUT2D eigenvalue weighted by molar-refractivity contribution is -0.155. The molecule has 0 bridgehead atoms. The second kappa shape index (κ2) is 8.24. The van der Waals surface area contributed by atoms with E-state index in [1.165, 1.54) is 15.3 Å². The minimum absolute atomic E-state index is 0.0811. The van der Waals surface area contributed by atoms with Gasteiger partial charge in [0.2, 0.25) is 0 Å². The number of piperazine rings is 1. The van der Waals surface area contributed by atoms with Crippen molar-refractivity contribution in [1.82, 2.24) is 9.21 Å². The van der Waals surface area contributed by atoms with Gasteiger partial charge in [-0.3, -0.25) is 9.59 Å². The summed E-state index contributed by atoms with van der Waals surface area (Å²) in [5.74, 6) is -0.665. The van der Waals surface area contributed by atoms with Gasteiger partial charge in [-0.2, -0.15) is 4.31 Å². The van der Waals surface area contributed by atoms with Crippen LogP contribution in [0.4, 0.5) is 0 Å². The molecule has 7 nitrogen and oxygen atoms in total. The van der Waals surface area contributed by atoms with E-state index in [0.717, 1.165) is 37.0 Å². The summed E-state index contributed by atoms with van der Waals surface area (Å²) in [6.45, 7) is 0.694. The maximum atomic E-state index is 12.5. The quantitative estimate of drug-likeness (QED) is 0.680. The number of carbonyl (C=O) groups excluding carboxylic acids is 2. The van der Waals surface area contributed by atoms with Crippen molar-refractivity contribution in [3.05, 3.63) is 16.5 Å². The molecule has 0 N–H and O–H groups in total. The zero-order chi connectivity index (χ0) is 18.7. The molecule has 2 aliphatic rings. The number of carbonyl (C=O) groups is 2. The summed E-state index contributed by atoms with van der Waals surface area (Å²) in [5, 5.41) is 0. The maximum Gasteiger partial charge on any atom is 0.309 e. The summed E-state index contributed by atoms with van der Waals surface area (Å²) in [6, 6.07) is 3.04. The molecule has 1 aliphatic heterocycles. The fourth-order valence-corrected chi connectivity index (χ4v) is 6.30. The van der Waals surface area contributed by atoms with Crippen LogP contribution in [-0.2, 0) is 24.3 Å². The number of halogens is 1. The molecule has 2 heterocycles. The highest BCUT2D eigenvalue weighted by Crippen LogP contribution is 2.29. The lowest BCUT2D eigenvalue weighted by Gasteiger charge is -2.33. The fourth-order valence-electron chi connectivity index (χ4n) is 3.24. The normalized spacial score (nSPS) is 19.7. The molecule has 1 saturated heterocycles. The van der Waals surface area contributed by atoms with E-state index in [9.17, 15) is 18.0 Å². The van der Waals surface area contributed by atoms with E-state index >= 15 is 0 Å². The van der Waals surface area contributed by atoms with Crippen LogP contribution in [0.3, 0.4) is 0 Å². The first kappa shape index (κ1) is 19.6. The fraction of sp³-hybridized carbons (Fsp3) is 0.625. The molecule has 1 amide bonds. The van der Waals surface area contributed by atoms with Crippen LogP contribution in [-0.4, -0.2) is 62.3 Å². The number of nitrogens with zero attached hydrogens (tertiary/aromatic N) is 2. The van der Waals surface area contributed by atoms with Crippen LogP contribution < -0.4 is 0 Å². The topological polar surface area (TPSA) is 84.0 Å². The number of thiophene rings is 1. The number of esters is 1. The van der Waals surface area contributed by atoms with E-state index < -0.39 is 10.0 Å². The van der Waals surface area contributed by atoms with Crippen molar-refractivity contribution in [3.63, 3.8) is 0 Å². The predicted molar refractivity (Wildman–Crippen MR) is 97.6 cm³/mol. The van der Waals surface area contributed by atoms with E-state index in [1.807, 2.05) is 0 Å². The molecule has 2 fully saturated rings. The van der Waals surface area contributed by atoms with Crippen LogP contribution in [0.15, 0.2) is 16.3 Å². The Labute approximate surface area is 161 Å².